The summed E-state index contributed by atoms with van der Waals surface area (Å²) in [5.41, 5.74) is 0.958. The second kappa shape index (κ2) is 5.21. The molecule has 1 amide bonds. The van der Waals surface area contributed by atoms with Crippen LogP contribution in [0.4, 0.5) is 0 Å². The van der Waals surface area contributed by atoms with Crippen molar-refractivity contribution in [1.82, 2.24) is 4.90 Å². The van der Waals surface area contributed by atoms with Gasteiger partial charge in [-0.05, 0) is 24.3 Å². The lowest BCUT2D eigenvalue weighted by molar-refractivity contribution is -0.151. The predicted molar refractivity (Wildman–Crippen MR) is 66.8 cm³/mol. The highest BCUT2D eigenvalue weighted by Gasteiger charge is 2.41. The third kappa shape index (κ3) is 2.88. The van der Waals surface area contributed by atoms with Crippen molar-refractivity contribution in [2.75, 3.05) is 0 Å². The molecule has 96 valence electrons. The summed E-state index contributed by atoms with van der Waals surface area (Å²) >= 11 is 0. The first-order valence-electron chi connectivity index (χ1n) is 6.13. The summed E-state index contributed by atoms with van der Waals surface area (Å²) in [7, 11) is 0. The van der Waals surface area contributed by atoms with E-state index in [2.05, 4.69) is 0 Å². The maximum atomic E-state index is 11.7. The second-order valence-corrected chi connectivity index (χ2v) is 4.75. The summed E-state index contributed by atoms with van der Waals surface area (Å²) in [5, 5.41) is 9.29. The largest absolute Gasteiger partial charge is 0.480 e. The molecule has 0 spiro atoms. The SMILES string of the molecule is CC(=O)N(Cc1ccccc1)C(C(=O)O)C1CC1. The molecule has 1 aromatic carbocycles. The van der Waals surface area contributed by atoms with Crippen molar-refractivity contribution < 1.29 is 14.7 Å². The van der Waals surface area contributed by atoms with Gasteiger partial charge in [0.25, 0.3) is 0 Å². The van der Waals surface area contributed by atoms with E-state index < -0.39 is 12.0 Å². The minimum absolute atomic E-state index is 0.120. The molecule has 0 aromatic heterocycles. The fourth-order valence-electron chi connectivity index (χ4n) is 2.19. The van der Waals surface area contributed by atoms with Crippen LogP contribution in [-0.2, 0) is 16.1 Å². The lowest BCUT2D eigenvalue weighted by Crippen LogP contribution is -2.45. The van der Waals surface area contributed by atoms with Gasteiger partial charge in [-0.1, -0.05) is 30.3 Å². The molecular formula is C14H17NO3. The van der Waals surface area contributed by atoms with E-state index in [0.717, 1.165) is 18.4 Å². The van der Waals surface area contributed by atoms with Gasteiger partial charge in [0.05, 0.1) is 0 Å². The van der Waals surface area contributed by atoms with Crippen molar-refractivity contribution in [1.29, 1.82) is 0 Å². The summed E-state index contributed by atoms with van der Waals surface area (Å²) in [6.45, 7) is 1.80. The van der Waals surface area contributed by atoms with E-state index in [0.29, 0.717) is 6.54 Å². The van der Waals surface area contributed by atoms with Crippen LogP contribution < -0.4 is 0 Å². The minimum atomic E-state index is -0.899. The molecule has 1 fully saturated rings. The molecule has 1 unspecified atom stereocenters. The smallest absolute Gasteiger partial charge is 0.326 e. The Balaban J connectivity index is 2.17. The van der Waals surface area contributed by atoms with Gasteiger partial charge < -0.3 is 10.0 Å². The number of carbonyl (C=O) groups is 2. The number of aliphatic carboxylic acids is 1. The van der Waals surface area contributed by atoms with E-state index in [-0.39, 0.29) is 11.8 Å². The van der Waals surface area contributed by atoms with E-state index in [1.165, 1.54) is 11.8 Å². The zero-order valence-corrected chi connectivity index (χ0v) is 10.4. The molecule has 2 rings (SSSR count). The summed E-state index contributed by atoms with van der Waals surface area (Å²) in [5.74, 6) is -0.961. The first-order valence-corrected chi connectivity index (χ1v) is 6.13. The normalized spacial score (nSPS) is 16.1. The molecule has 4 nitrogen and oxygen atoms in total. The number of nitrogens with zero attached hydrogens (tertiary/aromatic N) is 1. The average molecular weight is 247 g/mol. The van der Waals surface area contributed by atoms with Crippen molar-refractivity contribution in [3.8, 4) is 0 Å². The zero-order valence-electron chi connectivity index (χ0n) is 10.4. The zero-order chi connectivity index (χ0) is 13.1. The van der Waals surface area contributed by atoms with Crippen molar-refractivity contribution >= 4 is 11.9 Å². The molecule has 1 saturated carbocycles. The van der Waals surface area contributed by atoms with Gasteiger partial charge in [0, 0.05) is 13.5 Å². The second-order valence-electron chi connectivity index (χ2n) is 4.75. The van der Waals surface area contributed by atoms with E-state index in [9.17, 15) is 14.7 Å². The molecule has 0 bridgehead atoms. The lowest BCUT2D eigenvalue weighted by atomic mass is 10.1. The number of benzene rings is 1. The van der Waals surface area contributed by atoms with Crippen LogP contribution >= 0.6 is 0 Å². The molecule has 0 aliphatic heterocycles. The maximum absolute atomic E-state index is 11.7. The molecule has 0 heterocycles. The summed E-state index contributed by atoms with van der Waals surface area (Å²) < 4.78 is 0. The third-order valence-corrected chi connectivity index (χ3v) is 3.26. The van der Waals surface area contributed by atoms with Gasteiger partial charge >= 0.3 is 5.97 Å². The Kier molecular flexibility index (Phi) is 3.65. The summed E-state index contributed by atoms with van der Waals surface area (Å²) in [4.78, 5) is 24.5. The molecule has 1 atom stereocenters. The van der Waals surface area contributed by atoms with Gasteiger partial charge in [0.15, 0.2) is 0 Å². The Hall–Kier alpha value is -1.84. The molecule has 1 aliphatic rings. The van der Waals surface area contributed by atoms with Gasteiger partial charge in [-0.2, -0.15) is 0 Å². The van der Waals surface area contributed by atoms with Crippen molar-refractivity contribution in [2.24, 2.45) is 5.92 Å². The van der Waals surface area contributed by atoms with Gasteiger partial charge in [-0.25, -0.2) is 4.79 Å². The molecule has 0 saturated heterocycles. The molecule has 0 radical (unpaired) electrons. The van der Waals surface area contributed by atoms with Crippen molar-refractivity contribution in [2.45, 2.75) is 32.4 Å². The van der Waals surface area contributed by atoms with Gasteiger partial charge in [-0.15, -0.1) is 0 Å². The average Bonchev–Trinajstić information content (AvgIpc) is 3.13. The molecule has 18 heavy (non-hydrogen) atoms. The number of rotatable bonds is 5. The Bertz CT molecular complexity index is 440. The molecular weight excluding hydrogens is 230 g/mol. The van der Waals surface area contributed by atoms with Gasteiger partial charge in [-0.3, -0.25) is 4.79 Å². The predicted octanol–water partition coefficient (Wildman–Crippen LogP) is 1.90. The number of carbonyl (C=O) groups excluding carboxylic acids is 1. The van der Waals surface area contributed by atoms with Crippen LogP contribution in [0.2, 0.25) is 0 Å². The molecule has 1 aromatic rings. The van der Waals surface area contributed by atoms with Crippen LogP contribution in [0.5, 0.6) is 0 Å². The van der Waals surface area contributed by atoms with E-state index in [4.69, 9.17) is 0 Å². The number of hydrogen-bond acceptors (Lipinski definition) is 2. The van der Waals surface area contributed by atoms with E-state index in [1.54, 1.807) is 0 Å². The first-order chi connectivity index (χ1) is 8.59. The number of hydrogen-bond donors (Lipinski definition) is 1. The maximum Gasteiger partial charge on any atom is 0.326 e. The monoisotopic (exact) mass is 247 g/mol. The number of carboxylic acids is 1. The van der Waals surface area contributed by atoms with Gasteiger partial charge in [0.2, 0.25) is 5.91 Å². The standard InChI is InChI=1S/C14H17NO3/c1-10(16)15(9-11-5-3-2-4-6-11)13(14(17)18)12-7-8-12/h2-6,12-13H,7-9H2,1H3,(H,17,18). The van der Waals surface area contributed by atoms with Crippen molar-refractivity contribution in [3.05, 3.63) is 35.9 Å². The fraction of sp³-hybridized carbons (Fsp3) is 0.429. The van der Waals surface area contributed by atoms with Crippen LogP contribution in [0.15, 0.2) is 30.3 Å². The number of carboxylic acid groups (broad SMARTS) is 1. The van der Waals surface area contributed by atoms with Crippen LogP contribution in [-0.4, -0.2) is 27.9 Å². The first kappa shape index (κ1) is 12.6. The van der Waals surface area contributed by atoms with E-state index >= 15 is 0 Å². The Morgan fingerprint density at radius 3 is 2.39 bits per heavy atom. The molecule has 1 aliphatic carbocycles. The summed E-state index contributed by atoms with van der Waals surface area (Å²) in [6.07, 6.45) is 1.80. The Morgan fingerprint density at radius 2 is 1.94 bits per heavy atom. The van der Waals surface area contributed by atoms with Crippen LogP contribution in [0.1, 0.15) is 25.3 Å². The van der Waals surface area contributed by atoms with Crippen LogP contribution in [0.25, 0.3) is 0 Å². The van der Waals surface area contributed by atoms with E-state index in [1.807, 2.05) is 30.3 Å². The van der Waals surface area contributed by atoms with Crippen molar-refractivity contribution in [3.63, 3.8) is 0 Å². The number of amides is 1. The highest BCUT2D eigenvalue weighted by molar-refractivity contribution is 5.82. The molecule has 4 heteroatoms. The summed E-state index contributed by atoms with van der Waals surface area (Å²) in [6, 6.07) is 8.81. The Morgan fingerprint density at radius 1 is 1.33 bits per heavy atom. The molecule has 1 N–H and O–H groups in total. The third-order valence-electron chi connectivity index (χ3n) is 3.26. The minimum Gasteiger partial charge on any atom is -0.480 e. The fourth-order valence-corrected chi connectivity index (χ4v) is 2.19. The topological polar surface area (TPSA) is 57.6 Å². The lowest BCUT2D eigenvalue weighted by Gasteiger charge is -2.28. The quantitative estimate of drug-likeness (QED) is 0.864. The Labute approximate surface area is 106 Å². The highest BCUT2D eigenvalue weighted by Crippen LogP contribution is 2.36. The highest BCUT2D eigenvalue weighted by atomic mass is 16.4. The van der Waals surface area contributed by atoms with Gasteiger partial charge in [0.1, 0.15) is 6.04 Å². The van der Waals surface area contributed by atoms with Crippen LogP contribution in [0, 0.1) is 5.92 Å². The van der Waals surface area contributed by atoms with Crippen LogP contribution in [0.3, 0.4) is 0 Å².